The van der Waals surface area contributed by atoms with Gasteiger partial charge in [0.25, 0.3) is 11.6 Å². The zero-order chi connectivity index (χ0) is 23.1. The van der Waals surface area contributed by atoms with Crippen molar-refractivity contribution in [2.24, 2.45) is 0 Å². The smallest absolute Gasteiger partial charge is 0.338 e. The number of non-ortho nitro benzene ring substituents is 1. The summed E-state index contributed by atoms with van der Waals surface area (Å²) in [6.45, 7) is 2.27. The molecule has 0 aliphatic carbocycles. The molecule has 9 heteroatoms. The van der Waals surface area contributed by atoms with E-state index in [-0.39, 0.29) is 30.0 Å². The maximum absolute atomic E-state index is 13.5. The van der Waals surface area contributed by atoms with E-state index in [9.17, 15) is 19.7 Å². The molecule has 0 fully saturated rings. The van der Waals surface area contributed by atoms with Gasteiger partial charge in [-0.1, -0.05) is 24.3 Å². The summed E-state index contributed by atoms with van der Waals surface area (Å²) in [4.78, 5) is 39.0. The van der Waals surface area contributed by atoms with Gasteiger partial charge in [-0.3, -0.25) is 14.9 Å². The lowest BCUT2D eigenvalue weighted by atomic mass is 10.1. The van der Waals surface area contributed by atoms with Gasteiger partial charge in [0.05, 0.1) is 37.3 Å². The van der Waals surface area contributed by atoms with Gasteiger partial charge in [-0.25, -0.2) is 4.79 Å². The molecule has 0 saturated heterocycles. The minimum atomic E-state index is -0.722. The molecule has 8 nitrogen and oxygen atoms in total. The Balaban J connectivity index is 2.01. The number of amides is 1. The van der Waals surface area contributed by atoms with Gasteiger partial charge >= 0.3 is 5.97 Å². The average molecular weight is 455 g/mol. The third-order valence-corrected chi connectivity index (χ3v) is 5.52. The number of carbonyl (C=O) groups is 2. The summed E-state index contributed by atoms with van der Waals surface area (Å²) in [6, 6.07) is 14.7. The van der Waals surface area contributed by atoms with Crippen LogP contribution in [-0.4, -0.2) is 35.4 Å². The number of nitrogens with zero attached hydrogens (tertiary/aromatic N) is 2. The van der Waals surface area contributed by atoms with Gasteiger partial charge in [0, 0.05) is 28.1 Å². The molecule has 0 unspecified atom stereocenters. The fraction of sp³-hybridized carbons (Fsp3) is 0.217. The Kier molecular flexibility index (Phi) is 7.56. The van der Waals surface area contributed by atoms with Crippen molar-refractivity contribution in [2.75, 3.05) is 13.7 Å². The molecule has 0 aliphatic rings. The lowest BCUT2D eigenvalue weighted by Gasteiger charge is -2.23. The van der Waals surface area contributed by atoms with Crippen LogP contribution in [0.3, 0.4) is 0 Å². The molecule has 3 aromatic rings. The third kappa shape index (κ3) is 5.50. The molecule has 2 aromatic carbocycles. The molecule has 0 bridgehead atoms. The Morgan fingerprint density at radius 2 is 1.81 bits per heavy atom. The van der Waals surface area contributed by atoms with E-state index >= 15 is 0 Å². The second-order valence-corrected chi connectivity index (χ2v) is 7.83. The van der Waals surface area contributed by atoms with Gasteiger partial charge in [-0.15, -0.1) is 11.3 Å². The van der Waals surface area contributed by atoms with Gasteiger partial charge in [0.1, 0.15) is 5.75 Å². The van der Waals surface area contributed by atoms with Gasteiger partial charge in [0.15, 0.2) is 0 Å². The Morgan fingerprint density at radius 1 is 1.06 bits per heavy atom. The zero-order valence-electron chi connectivity index (χ0n) is 17.6. The first-order chi connectivity index (χ1) is 15.4. The predicted octanol–water partition coefficient (Wildman–Crippen LogP) is 4.68. The molecule has 1 amide bonds. The highest BCUT2D eigenvalue weighted by molar-refractivity contribution is 7.09. The number of ether oxygens (including phenoxy) is 2. The van der Waals surface area contributed by atoms with Crippen molar-refractivity contribution in [3.8, 4) is 5.75 Å². The highest BCUT2D eigenvalue weighted by Gasteiger charge is 2.23. The maximum atomic E-state index is 13.5. The monoisotopic (exact) mass is 454 g/mol. The molecule has 32 heavy (non-hydrogen) atoms. The number of methoxy groups -OCH3 is 1. The van der Waals surface area contributed by atoms with Crippen molar-refractivity contribution in [2.45, 2.75) is 20.0 Å². The van der Waals surface area contributed by atoms with E-state index in [4.69, 9.17) is 9.47 Å². The Hall–Kier alpha value is -3.72. The summed E-state index contributed by atoms with van der Waals surface area (Å²) in [6.07, 6.45) is 0. The summed E-state index contributed by atoms with van der Waals surface area (Å²) >= 11 is 1.50. The number of thiophene rings is 1. The van der Waals surface area contributed by atoms with Crippen molar-refractivity contribution in [1.29, 1.82) is 0 Å². The topological polar surface area (TPSA) is 99.0 Å². The number of esters is 1. The summed E-state index contributed by atoms with van der Waals surface area (Å²) in [5.74, 6) is -0.541. The third-order valence-electron chi connectivity index (χ3n) is 4.65. The molecular formula is C23H22N2O6S. The van der Waals surface area contributed by atoms with Crippen LogP contribution in [0.15, 0.2) is 60.0 Å². The number of hydrogen-bond acceptors (Lipinski definition) is 7. The second kappa shape index (κ2) is 10.5. The molecule has 3 rings (SSSR count). The molecule has 0 saturated carbocycles. The van der Waals surface area contributed by atoms with E-state index in [0.717, 1.165) is 16.5 Å². The van der Waals surface area contributed by atoms with E-state index in [1.165, 1.54) is 23.5 Å². The van der Waals surface area contributed by atoms with Crippen LogP contribution in [0.2, 0.25) is 0 Å². The highest BCUT2D eigenvalue weighted by atomic mass is 32.1. The Morgan fingerprint density at radius 3 is 2.47 bits per heavy atom. The predicted molar refractivity (Wildman–Crippen MR) is 120 cm³/mol. The molecule has 0 aliphatic heterocycles. The first-order valence-electron chi connectivity index (χ1n) is 9.83. The van der Waals surface area contributed by atoms with E-state index in [1.54, 1.807) is 25.0 Å². The van der Waals surface area contributed by atoms with Crippen LogP contribution in [0, 0.1) is 10.1 Å². The molecule has 0 spiro atoms. The SMILES string of the molecule is CCOC(=O)c1cc(C(=O)N(Cc2cccs2)Cc2ccccc2OC)cc([N+](=O)[O-])c1. The summed E-state index contributed by atoms with van der Waals surface area (Å²) in [5.41, 5.74) is 0.426. The number of benzene rings is 2. The standard InChI is InChI=1S/C23H22N2O6S/c1-3-31-23(27)18-11-17(12-19(13-18)25(28)29)22(26)24(15-20-8-6-10-32-20)14-16-7-4-5-9-21(16)30-2/h4-13H,3,14-15H2,1-2H3. The van der Waals surface area contributed by atoms with Crippen molar-refractivity contribution >= 4 is 28.9 Å². The second-order valence-electron chi connectivity index (χ2n) is 6.80. The van der Waals surface area contributed by atoms with Gasteiger partial charge in [-0.2, -0.15) is 0 Å². The molecule has 1 aromatic heterocycles. The average Bonchev–Trinajstić information content (AvgIpc) is 3.31. The molecule has 166 valence electrons. The highest BCUT2D eigenvalue weighted by Crippen LogP contribution is 2.25. The van der Waals surface area contributed by atoms with Crippen LogP contribution in [0.25, 0.3) is 0 Å². The number of para-hydroxylation sites is 1. The number of carbonyl (C=O) groups excluding carboxylic acids is 2. The van der Waals surface area contributed by atoms with E-state index in [1.807, 2.05) is 35.7 Å². The largest absolute Gasteiger partial charge is 0.496 e. The van der Waals surface area contributed by atoms with Crippen LogP contribution in [0.1, 0.15) is 38.1 Å². The first kappa shape index (κ1) is 23.0. The van der Waals surface area contributed by atoms with E-state index < -0.39 is 16.8 Å². The van der Waals surface area contributed by atoms with E-state index in [0.29, 0.717) is 12.3 Å². The molecule has 1 heterocycles. The van der Waals surface area contributed by atoms with Gasteiger partial charge in [-0.05, 0) is 30.5 Å². The minimum absolute atomic E-state index is 0.0358. The Labute approximate surface area is 189 Å². The summed E-state index contributed by atoms with van der Waals surface area (Å²) < 4.78 is 10.4. The minimum Gasteiger partial charge on any atom is -0.496 e. The van der Waals surface area contributed by atoms with Crippen molar-refractivity contribution in [3.05, 3.63) is 91.7 Å². The number of nitro groups is 1. The van der Waals surface area contributed by atoms with Gasteiger partial charge in [0.2, 0.25) is 0 Å². The van der Waals surface area contributed by atoms with Crippen LogP contribution in [-0.2, 0) is 17.8 Å². The maximum Gasteiger partial charge on any atom is 0.338 e. The first-order valence-corrected chi connectivity index (χ1v) is 10.7. The van der Waals surface area contributed by atoms with Crippen LogP contribution in [0.5, 0.6) is 5.75 Å². The fourth-order valence-electron chi connectivity index (χ4n) is 3.18. The van der Waals surface area contributed by atoms with E-state index in [2.05, 4.69) is 0 Å². The number of hydrogen-bond donors (Lipinski definition) is 0. The lowest BCUT2D eigenvalue weighted by molar-refractivity contribution is -0.384. The molecule has 0 atom stereocenters. The zero-order valence-corrected chi connectivity index (χ0v) is 18.5. The van der Waals surface area contributed by atoms with Crippen molar-refractivity contribution in [1.82, 2.24) is 4.90 Å². The van der Waals surface area contributed by atoms with Crippen LogP contribution < -0.4 is 4.74 Å². The lowest BCUT2D eigenvalue weighted by Crippen LogP contribution is -2.30. The quantitative estimate of drug-likeness (QED) is 0.264. The summed E-state index contributed by atoms with van der Waals surface area (Å²) in [7, 11) is 1.55. The fourth-order valence-corrected chi connectivity index (χ4v) is 3.90. The normalized spacial score (nSPS) is 10.4. The molecule has 0 N–H and O–H groups in total. The van der Waals surface area contributed by atoms with Crippen LogP contribution >= 0.6 is 11.3 Å². The van der Waals surface area contributed by atoms with Crippen molar-refractivity contribution < 1.29 is 24.0 Å². The number of rotatable bonds is 9. The van der Waals surface area contributed by atoms with Crippen molar-refractivity contribution in [3.63, 3.8) is 0 Å². The number of nitro benzene ring substituents is 1. The van der Waals surface area contributed by atoms with Gasteiger partial charge < -0.3 is 14.4 Å². The summed E-state index contributed by atoms with van der Waals surface area (Å²) in [5, 5.41) is 13.3. The molecular weight excluding hydrogens is 432 g/mol. The Bertz CT molecular complexity index is 1110. The van der Waals surface area contributed by atoms with Crippen LogP contribution in [0.4, 0.5) is 5.69 Å². The molecule has 0 radical (unpaired) electrons.